The van der Waals surface area contributed by atoms with Crippen LogP contribution >= 0.6 is 0 Å². The monoisotopic (exact) mass is 320 g/mol. The molecule has 1 atom stereocenters. The lowest BCUT2D eigenvalue weighted by Crippen LogP contribution is -2.09. The molecule has 1 aromatic carbocycles. The van der Waals surface area contributed by atoms with Crippen molar-refractivity contribution in [3.8, 4) is 11.3 Å². The Balaban J connectivity index is 1.99. The predicted octanol–water partition coefficient (Wildman–Crippen LogP) is 4.60. The van der Waals surface area contributed by atoms with Crippen LogP contribution < -0.4 is 0 Å². The lowest BCUT2D eigenvalue weighted by Gasteiger charge is -2.16. The number of aromatic nitrogens is 4. The Labute approximate surface area is 143 Å². The number of hydrogen-bond donors (Lipinski definition) is 0. The molecule has 0 radical (unpaired) electrons. The molecule has 4 nitrogen and oxygen atoms in total. The fourth-order valence-electron chi connectivity index (χ4n) is 3.10. The first kappa shape index (κ1) is 16.4. The summed E-state index contributed by atoms with van der Waals surface area (Å²) >= 11 is 0. The Morgan fingerprint density at radius 3 is 2.50 bits per heavy atom. The molecular weight excluding hydrogens is 296 g/mol. The molecule has 0 amide bonds. The average Bonchev–Trinajstić information content (AvgIpc) is 3.01. The largest absolute Gasteiger partial charge is 0.328 e. The second-order valence-corrected chi connectivity index (χ2v) is 6.31. The molecule has 0 aliphatic carbocycles. The summed E-state index contributed by atoms with van der Waals surface area (Å²) in [5.74, 6) is 0.450. The van der Waals surface area contributed by atoms with Crippen LogP contribution in [0.2, 0.25) is 0 Å². The van der Waals surface area contributed by atoms with E-state index in [1.807, 2.05) is 31.7 Å². The van der Waals surface area contributed by atoms with Gasteiger partial charge in [-0.05, 0) is 19.3 Å². The molecule has 0 saturated heterocycles. The Kier molecular flexibility index (Phi) is 5.04. The molecule has 0 fully saturated rings. The smallest absolute Gasteiger partial charge is 0.0959 e. The highest BCUT2D eigenvalue weighted by Crippen LogP contribution is 2.31. The van der Waals surface area contributed by atoms with Gasteiger partial charge in [-0.3, -0.25) is 9.97 Å². The molecule has 0 aliphatic rings. The van der Waals surface area contributed by atoms with Crippen LogP contribution in [0.3, 0.4) is 0 Å². The van der Waals surface area contributed by atoms with Gasteiger partial charge < -0.3 is 4.57 Å². The van der Waals surface area contributed by atoms with Gasteiger partial charge in [0.25, 0.3) is 0 Å². The van der Waals surface area contributed by atoms with E-state index in [2.05, 4.69) is 52.6 Å². The third-order valence-corrected chi connectivity index (χ3v) is 4.28. The molecule has 4 heteroatoms. The molecule has 1 unspecified atom stereocenters. The normalized spacial score (nSPS) is 12.3. The molecule has 0 spiro atoms. The number of benzene rings is 1. The van der Waals surface area contributed by atoms with Crippen molar-refractivity contribution < 1.29 is 0 Å². The van der Waals surface area contributed by atoms with Gasteiger partial charge >= 0.3 is 0 Å². The van der Waals surface area contributed by atoms with Crippen LogP contribution in [0.5, 0.6) is 0 Å². The minimum atomic E-state index is 0.450. The summed E-state index contributed by atoms with van der Waals surface area (Å²) in [6.07, 6.45) is 7.91. The SMILES string of the molecule is CCCC(C)c1c(-c2ccccc2)ncn1Cc1cnc(C)cn1. The maximum absolute atomic E-state index is 4.72. The zero-order valence-corrected chi connectivity index (χ0v) is 14.6. The van der Waals surface area contributed by atoms with Crippen molar-refractivity contribution in [1.29, 1.82) is 0 Å². The van der Waals surface area contributed by atoms with Gasteiger partial charge in [-0.25, -0.2) is 4.98 Å². The minimum Gasteiger partial charge on any atom is -0.328 e. The summed E-state index contributed by atoms with van der Waals surface area (Å²) < 4.78 is 2.22. The number of hydrogen-bond acceptors (Lipinski definition) is 3. The Hall–Kier alpha value is -2.49. The van der Waals surface area contributed by atoms with E-state index in [1.54, 1.807) is 0 Å². The van der Waals surface area contributed by atoms with E-state index < -0.39 is 0 Å². The van der Waals surface area contributed by atoms with Crippen molar-refractivity contribution in [2.45, 2.75) is 46.1 Å². The van der Waals surface area contributed by atoms with Crippen molar-refractivity contribution in [2.24, 2.45) is 0 Å². The van der Waals surface area contributed by atoms with Gasteiger partial charge in [0.15, 0.2) is 0 Å². The average molecular weight is 320 g/mol. The van der Waals surface area contributed by atoms with E-state index in [4.69, 9.17) is 4.98 Å². The molecule has 0 saturated carbocycles. The van der Waals surface area contributed by atoms with Crippen molar-refractivity contribution in [1.82, 2.24) is 19.5 Å². The van der Waals surface area contributed by atoms with Crippen LogP contribution in [0.1, 0.15) is 49.7 Å². The van der Waals surface area contributed by atoms with E-state index in [9.17, 15) is 0 Å². The summed E-state index contributed by atoms with van der Waals surface area (Å²) in [6.45, 7) is 7.17. The number of nitrogens with zero attached hydrogens (tertiary/aromatic N) is 4. The van der Waals surface area contributed by atoms with Crippen molar-refractivity contribution in [3.05, 3.63) is 66.1 Å². The first-order chi connectivity index (χ1) is 11.7. The molecule has 2 heterocycles. The van der Waals surface area contributed by atoms with Gasteiger partial charge in [0.05, 0.1) is 36.2 Å². The maximum atomic E-state index is 4.72. The molecule has 124 valence electrons. The molecule has 24 heavy (non-hydrogen) atoms. The molecule has 3 rings (SSSR count). The maximum Gasteiger partial charge on any atom is 0.0959 e. The summed E-state index contributed by atoms with van der Waals surface area (Å²) in [7, 11) is 0. The van der Waals surface area contributed by atoms with E-state index in [0.29, 0.717) is 12.5 Å². The zero-order valence-electron chi connectivity index (χ0n) is 14.6. The lowest BCUT2D eigenvalue weighted by atomic mass is 9.97. The quantitative estimate of drug-likeness (QED) is 0.666. The number of imidazole rings is 1. The van der Waals surface area contributed by atoms with Gasteiger partial charge in [0.2, 0.25) is 0 Å². The van der Waals surface area contributed by atoms with Crippen LogP contribution in [0, 0.1) is 6.92 Å². The summed E-state index contributed by atoms with van der Waals surface area (Å²) in [5, 5.41) is 0. The highest BCUT2D eigenvalue weighted by atomic mass is 15.1. The first-order valence-corrected chi connectivity index (χ1v) is 8.57. The van der Waals surface area contributed by atoms with Crippen LogP contribution in [-0.2, 0) is 6.54 Å². The second kappa shape index (κ2) is 7.39. The summed E-state index contributed by atoms with van der Waals surface area (Å²) in [6, 6.07) is 10.4. The topological polar surface area (TPSA) is 43.6 Å². The third-order valence-electron chi connectivity index (χ3n) is 4.28. The number of rotatable bonds is 6. The van der Waals surface area contributed by atoms with Gasteiger partial charge in [-0.15, -0.1) is 0 Å². The highest BCUT2D eigenvalue weighted by molar-refractivity contribution is 5.62. The second-order valence-electron chi connectivity index (χ2n) is 6.31. The molecular formula is C20H24N4. The fourth-order valence-corrected chi connectivity index (χ4v) is 3.10. The third kappa shape index (κ3) is 3.53. The van der Waals surface area contributed by atoms with Gasteiger partial charge in [-0.2, -0.15) is 0 Å². The Bertz CT molecular complexity index is 775. The molecule has 3 aromatic rings. The molecule has 0 N–H and O–H groups in total. The predicted molar refractivity (Wildman–Crippen MR) is 96.9 cm³/mol. The molecule has 0 aliphatic heterocycles. The van der Waals surface area contributed by atoms with Crippen LogP contribution in [0.4, 0.5) is 0 Å². The van der Waals surface area contributed by atoms with Crippen LogP contribution in [-0.4, -0.2) is 19.5 Å². The Morgan fingerprint density at radius 1 is 1.04 bits per heavy atom. The van der Waals surface area contributed by atoms with Crippen LogP contribution in [0.25, 0.3) is 11.3 Å². The molecule has 2 aromatic heterocycles. The Morgan fingerprint density at radius 2 is 1.83 bits per heavy atom. The van der Waals surface area contributed by atoms with E-state index >= 15 is 0 Å². The van der Waals surface area contributed by atoms with Gasteiger partial charge in [0, 0.05) is 17.5 Å². The standard InChI is InChI=1S/C20H24N4/c1-4-8-15(2)20-19(17-9-6-5-7-10-17)23-14-24(20)13-18-12-21-16(3)11-22-18/h5-7,9-12,14-15H,4,8,13H2,1-3H3. The lowest BCUT2D eigenvalue weighted by molar-refractivity contribution is 0.601. The first-order valence-electron chi connectivity index (χ1n) is 8.57. The summed E-state index contributed by atoms with van der Waals surface area (Å²) in [4.78, 5) is 13.6. The van der Waals surface area contributed by atoms with Crippen LogP contribution in [0.15, 0.2) is 49.1 Å². The fraction of sp³-hybridized carbons (Fsp3) is 0.350. The summed E-state index contributed by atoms with van der Waals surface area (Å²) in [5.41, 5.74) is 5.43. The zero-order chi connectivity index (χ0) is 16.9. The van der Waals surface area contributed by atoms with Gasteiger partial charge in [0.1, 0.15) is 0 Å². The van der Waals surface area contributed by atoms with Crippen molar-refractivity contribution in [2.75, 3.05) is 0 Å². The highest BCUT2D eigenvalue weighted by Gasteiger charge is 2.18. The van der Waals surface area contributed by atoms with Gasteiger partial charge in [-0.1, -0.05) is 50.6 Å². The van der Waals surface area contributed by atoms with E-state index in [-0.39, 0.29) is 0 Å². The van der Waals surface area contributed by atoms with E-state index in [1.165, 1.54) is 11.3 Å². The van der Waals surface area contributed by atoms with Crippen molar-refractivity contribution >= 4 is 0 Å². The number of aryl methyl sites for hydroxylation is 1. The molecule has 0 bridgehead atoms. The van der Waals surface area contributed by atoms with E-state index in [0.717, 1.165) is 29.9 Å². The minimum absolute atomic E-state index is 0.450. The van der Waals surface area contributed by atoms with Crippen molar-refractivity contribution in [3.63, 3.8) is 0 Å².